The molecule has 1 fully saturated rings. The van der Waals surface area contributed by atoms with Gasteiger partial charge >= 0.3 is 0 Å². The van der Waals surface area contributed by atoms with E-state index in [2.05, 4.69) is 26.1 Å². The summed E-state index contributed by atoms with van der Waals surface area (Å²) in [5, 5.41) is 3.65. The first-order valence-corrected chi connectivity index (χ1v) is 9.83. The van der Waals surface area contributed by atoms with Crippen LogP contribution in [-0.4, -0.2) is 24.6 Å². The average Bonchev–Trinajstić information content (AvgIpc) is 3.11. The summed E-state index contributed by atoms with van der Waals surface area (Å²) in [5.41, 5.74) is 0.578. The fraction of sp³-hybridized carbons (Fsp3) is 0.350. The Balaban J connectivity index is 1.78. The van der Waals surface area contributed by atoms with E-state index in [1.807, 2.05) is 42.5 Å². The third-order valence-corrected chi connectivity index (χ3v) is 5.22. The topological polar surface area (TPSA) is 41.6 Å². The number of carbonyl (C=O) groups is 1. The van der Waals surface area contributed by atoms with Gasteiger partial charge in [0, 0.05) is 17.6 Å². The van der Waals surface area contributed by atoms with E-state index in [-0.39, 0.29) is 5.91 Å². The Morgan fingerprint density at radius 2 is 1.81 bits per heavy atom. The van der Waals surface area contributed by atoms with Crippen LogP contribution >= 0.6 is 27.5 Å². The van der Waals surface area contributed by atoms with E-state index in [1.165, 1.54) is 0 Å². The maximum atomic E-state index is 12.9. The van der Waals surface area contributed by atoms with Crippen molar-refractivity contribution in [3.05, 3.63) is 52.0 Å². The van der Waals surface area contributed by atoms with Crippen LogP contribution in [0.5, 0.6) is 5.75 Å². The summed E-state index contributed by atoms with van der Waals surface area (Å²) in [6.07, 6.45) is 2.27. The first-order chi connectivity index (χ1) is 12.4. The van der Waals surface area contributed by atoms with Crippen molar-refractivity contribution in [1.29, 1.82) is 0 Å². The molecule has 0 radical (unpaired) electrons. The maximum absolute atomic E-state index is 12.9. The highest BCUT2D eigenvalue weighted by Gasteiger charge is 2.31. The van der Waals surface area contributed by atoms with Gasteiger partial charge in [-0.2, -0.15) is 0 Å². The normalized spacial score (nSPS) is 14.4. The van der Waals surface area contributed by atoms with Crippen LogP contribution in [0.2, 0.25) is 5.02 Å². The number of para-hydroxylation sites is 1. The van der Waals surface area contributed by atoms with Gasteiger partial charge in [0.25, 0.3) is 5.91 Å². The van der Waals surface area contributed by atoms with Gasteiger partial charge in [-0.05, 0) is 63.1 Å². The minimum absolute atomic E-state index is 0.219. The van der Waals surface area contributed by atoms with E-state index in [0.717, 1.165) is 41.8 Å². The summed E-state index contributed by atoms with van der Waals surface area (Å²) in [7, 11) is 0. The average molecular weight is 438 g/mol. The van der Waals surface area contributed by atoms with Gasteiger partial charge in [-0.3, -0.25) is 4.79 Å². The van der Waals surface area contributed by atoms with E-state index in [0.29, 0.717) is 10.8 Å². The number of nitrogens with one attached hydrogen (secondary N) is 1. The van der Waals surface area contributed by atoms with Crippen LogP contribution < -0.4 is 15.0 Å². The Morgan fingerprint density at radius 3 is 2.46 bits per heavy atom. The van der Waals surface area contributed by atoms with E-state index < -0.39 is 5.60 Å². The number of anilines is 2. The molecule has 0 bridgehead atoms. The fourth-order valence-corrected chi connectivity index (χ4v) is 3.55. The molecule has 0 spiro atoms. The second-order valence-corrected chi connectivity index (χ2v) is 8.17. The number of amides is 1. The lowest BCUT2D eigenvalue weighted by Gasteiger charge is -2.28. The molecule has 4 nitrogen and oxygen atoms in total. The lowest BCUT2D eigenvalue weighted by atomic mass is 10.1. The molecule has 138 valence electrons. The van der Waals surface area contributed by atoms with Crippen LogP contribution in [0, 0.1) is 0 Å². The van der Waals surface area contributed by atoms with Crippen LogP contribution in [0.25, 0.3) is 0 Å². The predicted octanol–water partition coefficient (Wildman–Crippen LogP) is 5.50. The Hall–Kier alpha value is -1.72. The van der Waals surface area contributed by atoms with Gasteiger partial charge in [0.05, 0.1) is 16.4 Å². The molecule has 3 rings (SSSR count). The van der Waals surface area contributed by atoms with Gasteiger partial charge in [0.1, 0.15) is 5.75 Å². The lowest BCUT2D eigenvalue weighted by molar-refractivity contribution is -0.128. The van der Waals surface area contributed by atoms with Crippen LogP contribution in [0.4, 0.5) is 11.4 Å². The molecule has 0 saturated carbocycles. The number of carbonyl (C=O) groups excluding carboxylic acids is 1. The standard InChI is InChI=1S/C20H22BrClN2O2/c1-20(2,26-15-10-8-14(21)9-11-15)19(25)23-17-7-5-6-16(22)18(17)24-12-3-4-13-24/h5-11H,3-4,12-13H2,1-2H3,(H,23,25). The quantitative estimate of drug-likeness (QED) is 0.671. The summed E-state index contributed by atoms with van der Waals surface area (Å²) in [4.78, 5) is 15.1. The van der Waals surface area contributed by atoms with Gasteiger partial charge < -0.3 is 15.0 Å². The highest BCUT2D eigenvalue weighted by molar-refractivity contribution is 9.10. The number of hydrogen-bond acceptors (Lipinski definition) is 3. The third kappa shape index (κ3) is 4.33. The monoisotopic (exact) mass is 436 g/mol. The largest absolute Gasteiger partial charge is 0.478 e. The van der Waals surface area contributed by atoms with Crippen LogP contribution in [-0.2, 0) is 4.79 Å². The molecule has 1 amide bonds. The minimum Gasteiger partial charge on any atom is -0.478 e. The molecule has 0 unspecified atom stereocenters. The molecule has 1 N–H and O–H groups in total. The minimum atomic E-state index is -1.03. The molecule has 0 aromatic heterocycles. The van der Waals surface area contributed by atoms with Gasteiger partial charge in [-0.15, -0.1) is 0 Å². The zero-order valence-corrected chi connectivity index (χ0v) is 17.2. The van der Waals surface area contributed by atoms with Crippen LogP contribution in [0.1, 0.15) is 26.7 Å². The van der Waals surface area contributed by atoms with Gasteiger partial charge in [-0.1, -0.05) is 33.6 Å². The zero-order chi connectivity index (χ0) is 18.7. The van der Waals surface area contributed by atoms with Gasteiger partial charge in [0.2, 0.25) is 0 Å². The van der Waals surface area contributed by atoms with E-state index in [4.69, 9.17) is 16.3 Å². The highest BCUT2D eigenvalue weighted by atomic mass is 79.9. The van der Waals surface area contributed by atoms with E-state index in [9.17, 15) is 4.79 Å². The molecule has 0 aliphatic carbocycles. The fourth-order valence-electron chi connectivity index (χ4n) is 2.99. The molecular weight excluding hydrogens is 416 g/mol. The smallest absolute Gasteiger partial charge is 0.268 e. The maximum Gasteiger partial charge on any atom is 0.268 e. The summed E-state index contributed by atoms with van der Waals surface area (Å²) in [6, 6.07) is 13.0. The van der Waals surface area contributed by atoms with Gasteiger partial charge in [-0.25, -0.2) is 0 Å². The second kappa shape index (κ2) is 7.89. The van der Waals surface area contributed by atoms with Crippen molar-refractivity contribution in [2.75, 3.05) is 23.3 Å². The van der Waals surface area contributed by atoms with Crippen molar-refractivity contribution < 1.29 is 9.53 Å². The molecule has 26 heavy (non-hydrogen) atoms. The van der Waals surface area contributed by atoms with Gasteiger partial charge in [0.15, 0.2) is 5.60 Å². The Bertz CT molecular complexity index is 787. The molecule has 1 heterocycles. The molecule has 6 heteroatoms. The number of hydrogen-bond donors (Lipinski definition) is 1. The highest BCUT2D eigenvalue weighted by Crippen LogP contribution is 2.36. The predicted molar refractivity (Wildman–Crippen MR) is 110 cm³/mol. The Kier molecular flexibility index (Phi) is 5.78. The number of nitrogens with zero attached hydrogens (tertiary/aromatic N) is 1. The Labute approximate surface area is 167 Å². The zero-order valence-electron chi connectivity index (χ0n) is 14.9. The second-order valence-electron chi connectivity index (χ2n) is 6.85. The molecule has 2 aromatic rings. The molecular formula is C20H22BrClN2O2. The summed E-state index contributed by atoms with van der Waals surface area (Å²) in [5.74, 6) is 0.419. The number of rotatable bonds is 5. The van der Waals surface area contributed by atoms with Crippen molar-refractivity contribution >= 4 is 44.8 Å². The van der Waals surface area contributed by atoms with Crippen molar-refractivity contribution in [2.45, 2.75) is 32.3 Å². The first kappa shape index (κ1) is 19.1. The summed E-state index contributed by atoms with van der Waals surface area (Å²) >= 11 is 9.82. The van der Waals surface area contributed by atoms with E-state index in [1.54, 1.807) is 13.8 Å². The molecule has 2 aromatic carbocycles. The Morgan fingerprint density at radius 1 is 1.15 bits per heavy atom. The molecule has 0 atom stereocenters. The van der Waals surface area contributed by atoms with Crippen molar-refractivity contribution in [1.82, 2.24) is 0 Å². The SMILES string of the molecule is CC(C)(Oc1ccc(Br)cc1)C(=O)Nc1cccc(Cl)c1N1CCCC1. The van der Waals surface area contributed by atoms with Crippen LogP contribution in [0.15, 0.2) is 46.9 Å². The molecule has 1 aliphatic heterocycles. The van der Waals surface area contributed by atoms with Crippen LogP contribution in [0.3, 0.4) is 0 Å². The number of halogens is 2. The first-order valence-electron chi connectivity index (χ1n) is 8.66. The number of ether oxygens (including phenoxy) is 1. The van der Waals surface area contributed by atoms with E-state index >= 15 is 0 Å². The molecule has 1 aliphatic rings. The lowest BCUT2D eigenvalue weighted by Crippen LogP contribution is -2.42. The van der Waals surface area contributed by atoms with Crippen molar-refractivity contribution in [3.63, 3.8) is 0 Å². The number of benzene rings is 2. The summed E-state index contributed by atoms with van der Waals surface area (Å²) in [6.45, 7) is 5.41. The van der Waals surface area contributed by atoms with Crippen molar-refractivity contribution in [3.8, 4) is 5.75 Å². The molecule has 1 saturated heterocycles. The summed E-state index contributed by atoms with van der Waals surface area (Å²) < 4.78 is 6.87. The van der Waals surface area contributed by atoms with Crippen molar-refractivity contribution in [2.24, 2.45) is 0 Å². The third-order valence-electron chi connectivity index (χ3n) is 4.39.